The largest absolute Gasteiger partial charge is 0.493 e. The smallest absolute Gasteiger partial charge is 0.416 e. The van der Waals surface area contributed by atoms with Crippen LogP contribution in [0, 0.1) is 6.92 Å². The van der Waals surface area contributed by atoms with Gasteiger partial charge in [-0.15, -0.1) is 0 Å². The van der Waals surface area contributed by atoms with Crippen molar-refractivity contribution in [1.29, 1.82) is 0 Å². The van der Waals surface area contributed by atoms with E-state index < -0.39 is 11.7 Å². The third-order valence-electron chi connectivity index (χ3n) is 5.67. The second kappa shape index (κ2) is 10.3. The molecular weight excluding hydrogens is 465 g/mol. The van der Waals surface area contributed by atoms with E-state index in [0.717, 1.165) is 17.7 Å². The quantitative estimate of drug-likeness (QED) is 0.499. The SMILES string of the molecule is COc1cc(C)ccc1OCC(=O)N1CCN(Cc2nc(-c3cccc(C(F)(F)F)c3)no2)CC1. The van der Waals surface area contributed by atoms with Crippen molar-refractivity contribution in [3.05, 3.63) is 59.5 Å². The van der Waals surface area contributed by atoms with Gasteiger partial charge in [-0.1, -0.05) is 23.4 Å². The van der Waals surface area contributed by atoms with Crippen molar-refractivity contribution in [3.63, 3.8) is 0 Å². The molecule has 2 aromatic carbocycles. The molecular formula is C24H25F3N4O4. The zero-order valence-electron chi connectivity index (χ0n) is 19.3. The Hall–Kier alpha value is -3.60. The number of methoxy groups -OCH3 is 1. The fourth-order valence-electron chi connectivity index (χ4n) is 3.74. The molecule has 0 radical (unpaired) electrons. The van der Waals surface area contributed by atoms with Crippen molar-refractivity contribution < 1.29 is 32.0 Å². The van der Waals surface area contributed by atoms with Crippen LogP contribution in [0.25, 0.3) is 11.4 Å². The van der Waals surface area contributed by atoms with Crippen LogP contribution in [-0.2, 0) is 17.5 Å². The maximum absolute atomic E-state index is 13.0. The molecule has 1 aromatic heterocycles. The minimum Gasteiger partial charge on any atom is -0.493 e. The lowest BCUT2D eigenvalue weighted by Gasteiger charge is -2.33. The molecule has 0 N–H and O–H groups in total. The number of ether oxygens (including phenoxy) is 2. The first-order chi connectivity index (χ1) is 16.7. The minimum atomic E-state index is -4.45. The average molecular weight is 490 g/mol. The molecule has 2 heterocycles. The zero-order chi connectivity index (χ0) is 25.0. The number of aromatic nitrogens is 2. The Kier molecular flexibility index (Phi) is 7.25. The minimum absolute atomic E-state index is 0.0938. The van der Waals surface area contributed by atoms with Gasteiger partial charge in [0, 0.05) is 31.7 Å². The summed E-state index contributed by atoms with van der Waals surface area (Å²) in [6.07, 6.45) is -4.45. The molecule has 0 bridgehead atoms. The molecule has 11 heteroatoms. The van der Waals surface area contributed by atoms with Gasteiger partial charge in [0.1, 0.15) is 0 Å². The molecule has 186 valence electrons. The second-order valence-electron chi connectivity index (χ2n) is 8.19. The van der Waals surface area contributed by atoms with Gasteiger partial charge in [0.05, 0.1) is 19.2 Å². The number of carbonyl (C=O) groups is 1. The van der Waals surface area contributed by atoms with Crippen molar-refractivity contribution in [2.75, 3.05) is 39.9 Å². The number of alkyl halides is 3. The fourth-order valence-corrected chi connectivity index (χ4v) is 3.74. The summed E-state index contributed by atoms with van der Waals surface area (Å²) in [7, 11) is 1.55. The number of amides is 1. The van der Waals surface area contributed by atoms with Gasteiger partial charge in [-0.2, -0.15) is 18.2 Å². The summed E-state index contributed by atoms with van der Waals surface area (Å²) in [5, 5.41) is 3.82. The molecule has 35 heavy (non-hydrogen) atoms. The van der Waals surface area contributed by atoms with E-state index in [-0.39, 0.29) is 23.9 Å². The van der Waals surface area contributed by atoms with Crippen molar-refractivity contribution in [2.45, 2.75) is 19.6 Å². The zero-order valence-corrected chi connectivity index (χ0v) is 19.3. The predicted octanol–water partition coefficient (Wildman–Crippen LogP) is 3.80. The van der Waals surface area contributed by atoms with Gasteiger partial charge >= 0.3 is 6.18 Å². The number of benzene rings is 2. The first-order valence-electron chi connectivity index (χ1n) is 11.0. The highest BCUT2D eigenvalue weighted by Gasteiger charge is 2.31. The summed E-state index contributed by atoms with van der Waals surface area (Å²) in [5.41, 5.74) is 0.488. The van der Waals surface area contributed by atoms with Gasteiger partial charge in [0.25, 0.3) is 5.91 Å². The molecule has 4 rings (SSSR count). The average Bonchev–Trinajstić information content (AvgIpc) is 3.31. The first-order valence-corrected chi connectivity index (χ1v) is 11.0. The Morgan fingerprint density at radius 2 is 1.86 bits per heavy atom. The summed E-state index contributed by atoms with van der Waals surface area (Å²) in [4.78, 5) is 20.6. The van der Waals surface area contributed by atoms with E-state index in [1.54, 1.807) is 18.1 Å². The maximum atomic E-state index is 13.0. The molecule has 0 atom stereocenters. The van der Waals surface area contributed by atoms with E-state index in [0.29, 0.717) is 50.1 Å². The van der Waals surface area contributed by atoms with Crippen LogP contribution in [0.3, 0.4) is 0 Å². The Morgan fingerprint density at radius 3 is 2.57 bits per heavy atom. The van der Waals surface area contributed by atoms with E-state index >= 15 is 0 Å². The highest BCUT2D eigenvalue weighted by molar-refractivity contribution is 5.78. The molecule has 0 spiro atoms. The van der Waals surface area contributed by atoms with Crippen LogP contribution in [0.4, 0.5) is 13.2 Å². The lowest BCUT2D eigenvalue weighted by atomic mass is 10.1. The van der Waals surface area contributed by atoms with E-state index in [2.05, 4.69) is 10.1 Å². The van der Waals surface area contributed by atoms with Gasteiger partial charge < -0.3 is 18.9 Å². The number of nitrogens with zero attached hydrogens (tertiary/aromatic N) is 4. The number of hydrogen-bond acceptors (Lipinski definition) is 7. The lowest BCUT2D eigenvalue weighted by molar-refractivity contribution is -0.137. The number of piperazine rings is 1. The normalized spacial score (nSPS) is 14.7. The molecule has 1 fully saturated rings. The standard InChI is InChI=1S/C24H25F3N4O4/c1-16-6-7-19(20(12-16)33-2)34-15-22(32)31-10-8-30(9-11-31)14-21-28-23(29-35-21)17-4-3-5-18(13-17)24(25,26)27/h3-7,12-13H,8-11,14-15H2,1-2H3. The van der Waals surface area contributed by atoms with Crippen molar-refractivity contribution >= 4 is 5.91 Å². The Morgan fingerprint density at radius 1 is 1.09 bits per heavy atom. The van der Waals surface area contributed by atoms with Gasteiger partial charge in [-0.3, -0.25) is 9.69 Å². The Labute approximate surface area is 200 Å². The number of aryl methyl sites for hydroxylation is 1. The maximum Gasteiger partial charge on any atom is 0.416 e. The summed E-state index contributed by atoms with van der Waals surface area (Å²) >= 11 is 0. The summed E-state index contributed by atoms with van der Waals surface area (Å²) < 4.78 is 55.1. The molecule has 1 aliphatic heterocycles. The fraction of sp³-hybridized carbons (Fsp3) is 0.375. The molecule has 0 unspecified atom stereocenters. The molecule has 1 saturated heterocycles. The number of halogens is 3. The molecule has 1 amide bonds. The van der Waals surface area contributed by atoms with Gasteiger partial charge in [0.2, 0.25) is 11.7 Å². The molecule has 0 aliphatic carbocycles. The number of rotatable bonds is 7. The van der Waals surface area contributed by atoms with Gasteiger partial charge in [0.15, 0.2) is 18.1 Å². The van der Waals surface area contributed by atoms with Gasteiger partial charge in [-0.25, -0.2) is 0 Å². The van der Waals surface area contributed by atoms with Crippen molar-refractivity contribution in [1.82, 2.24) is 19.9 Å². The summed E-state index contributed by atoms with van der Waals surface area (Å²) in [6.45, 7) is 4.36. The second-order valence-corrected chi connectivity index (χ2v) is 8.19. The highest BCUT2D eigenvalue weighted by atomic mass is 19.4. The molecule has 1 aliphatic rings. The van der Waals surface area contributed by atoms with Crippen LogP contribution in [0.2, 0.25) is 0 Å². The monoisotopic (exact) mass is 490 g/mol. The Bertz CT molecular complexity index is 1170. The Balaban J connectivity index is 1.28. The van der Waals surface area contributed by atoms with Crippen LogP contribution in [0.15, 0.2) is 47.0 Å². The summed E-state index contributed by atoms with van der Waals surface area (Å²) in [6, 6.07) is 10.3. The molecule has 0 saturated carbocycles. The topological polar surface area (TPSA) is 80.9 Å². The van der Waals surface area contributed by atoms with Crippen LogP contribution in [0.1, 0.15) is 17.0 Å². The van der Waals surface area contributed by atoms with E-state index in [9.17, 15) is 18.0 Å². The molecule has 8 nitrogen and oxygen atoms in total. The number of hydrogen-bond donors (Lipinski definition) is 0. The van der Waals surface area contributed by atoms with Gasteiger partial charge in [-0.05, 0) is 36.8 Å². The lowest BCUT2D eigenvalue weighted by Crippen LogP contribution is -2.49. The molecule has 3 aromatic rings. The third kappa shape index (κ3) is 6.10. The van der Waals surface area contributed by atoms with E-state index in [1.165, 1.54) is 12.1 Å². The predicted molar refractivity (Wildman–Crippen MR) is 120 cm³/mol. The van der Waals surface area contributed by atoms with Crippen LogP contribution < -0.4 is 9.47 Å². The highest BCUT2D eigenvalue weighted by Crippen LogP contribution is 2.31. The first kappa shape index (κ1) is 24.5. The number of carbonyl (C=O) groups excluding carboxylic acids is 1. The van der Waals surface area contributed by atoms with Crippen LogP contribution in [-0.4, -0.2) is 65.7 Å². The third-order valence-corrected chi connectivity index (χ3v) is 5.67. The van der Waals surface area contributed by atoms with Crippen LogP contribution >= 0.6 is 0 Å². The van der Waals surface area contributed by atoms with Crippen LogP contribution in [0.5, 0.6) is 11.5 Å². The van der Waals surface area contributed by atoms with Crippen molar-refractivity contribution in [3.8, 4) is 22.9 Å². The van der Waals surface area contributed by atoms with E-state index in [1.807, 2.05) is 24.0 Å². The summed E-state index contributed by atoms with van der Waals surface area (Å²) in [5.74, 6) is 1.36. The van der Waals surface area contributed by atoms with Crippen molar-refractivity contribution in [2.24, 2.45) is 0 Å². The van der Waals surface area contributed by atoms with E-state index in [4.69, 9.17) is 14.0 Å².